The molecule has 5 heterocycles. The summed E-state index contributed by atoms with van der Waals surface area (Å²) in [5, 5.41) is 11.0. The van der Waals surface area contributed by atoms with Gasteiger partial charge in [-0.2, -0.15) is 10.1 Å². The van der Waals surface area contributed by atoms with Crippen LogP contribution in [0.25, 0.3) is 0 Å². The first kappa shape index (κ1) is 26.6. The number of piperidine rings is 1. The summed E-state index contributed by atoms with van der Waals surface area (Å²) >= 11 is 0. The van der Waals surface area contributed by atoms with Gasteiger partial charge in [-0.05, 0) is 58.9 Å². The van der Waals surface area contributed by atoms with Crippen molar-refractivity contribution in [1.82, 2.24) is 34.4 Å². The molecule has 12 heteroatoms. The van der Waals surface area contributed by atoms with Crippen molar-refractivity contribution in [1.29, 1.82) is 0 Å². The van der Waals surface area contributed by atoms with E-state index in [2.05, 4.69) is 32.5 Å². The number of anilines is 3. The maximum absolute atomic E-state index is 13.7. The summed E-state index contributed by atoms with van der Waals surface area (Å²) in [5.41, 5.74) is 1.35. The third kappa shape index (κ3) is 5.69. The topological polar surface area (TPSA) is 94.5 Å². The van der Waals surface area contributed by atoms with E-state index in [1.54, 1.807) is 4.90 Å². The Morgan fingerprint density at radius 3 is 2.58 bits per heavy atom. The van der Waals surface area contributed by atoms with Crippen LogP contribution in [0, 0.1) is 6.92 Å². The number of aryl methyl sites for hydroxylation is 1. The Balaban J connectivity index is 1.22. The average molecular weight is 532 g/mol. The third-order valence-electron chi connectivity index (χ3n) is 8.33. The van der Waals surface area contributed by atoms with Crippen LogP contribution in [0.15, 0.2) is 12.4 Å². The number of hydrogen-bond donors (Lipinski definition) is 2. The normalized spacial score (nSPS) is 24.3. The van der Waals surface area contributed by atoms with Crippen molar-refractivity contribution >= 4 is 23.5 Å². The van der Waals surface area contributed by atoms with E-state index < -0.39 is 6.43 Å². The molecule has 38 heavy (non-hydrogen) atoms. The summed E-state index contributed by atoms with van der Waals surface area (Å²) in [5.74, 6) is 0.348. The molecule has 10 nitrogen and oxygen atoms in total. The summed E-state index contributed by atoms with van der Waals surface area (Å²) < 4.78 is 29.4. The Kier molecular flexibility index (Phi) is 7.96. The van der Waals surface area contributed by atoms with Gasteiger partial charge in [0, 0.05) is 57.7 Å². The summed E-state index contributed by atoms with van der Waals surface area (Å²) in [6, 6.07) is 1.59. The zero-order chi connectivity index (χ0) is 26.8. The Morgan fingerprint density at radius 2 is 1.84 bits per heavy atom. The monoisotopic (exact) mass is 531 g/mol. The fourth-order valence-corrected chi connectivity index (χ4v) is 6.03. The van der Waals surface area contributed by atoms with Crippen LogP contribution in [-0.4, -0.2) is 92.8 Å². The Hall–Kier alpha value is -3.02. The maximum atomic E-state index is 13.7. The minimum Gasteiger partial charge on any atom is -0.369 e. The van der Waals surface area contributed by atoms with Gasteiger partial charge < -0.3 is 25.3 Å². The number of hydrogen-bond acceptors (Lipinski definition) is 7. The van der Waals surface area contributed by atoms with Gasteiger partial charge in [0.15, 0.2) is 0 Å². The molecule has 2 bridgehead atoms. The number of rotatable bonds is 9. The van der Waals surface area contributed by atoms with Crippen LogP contribution in [0.2, 0.25) is 0 Å². The molecule has 2 unspecified atom stereocenters. The van der Waals surface area contributed by atoms with Crippen LogP contribution >= 0.6 is 0 Å². The van der Waals surface area contributed by atoms with E-state index in [-0.39, 0.29) is 23.4 Å². The first-order chi connectivity index (χ1) is 18.3. The SMILES string of the molecule is Cc1nn(C2CC3CCC(C2)N3C)cc1Nc1ncc(C(F)F)c(NCCCN2CCCCN(C)C2=O)n1. The standard InChI is InChI=1S/C26H39F2N9O/c1-17-22(16-37(33-17)20-13-18-7-8-19(14-20)35(18)3)31-25-30-15-21(23(27)28)24(32-25)29-9-6-12-36-11-5-4-10-34(2)26(36)38/h15-16,18-20,23H,4-14H2,1-3H3,(H2,29,30,31,32). The van der Waals surface area contributed by atoms with Gasteiger partial charge in [0.05, 0.1) is 23.0 Å². The number of halogens is 2. The summed E-state index contributed by atoms with van der Waals surface area (Å²) in [6.07, 6.45) is 7.69. The molecule has 0 radical (unpaired) electrons. The first-order valence-corrected chi connectivity index (χ1v) is 13.7. The molecule has 2 N–H and O–H groups in total. The lowest BCUT2D eigenvalue weighted by Gasteiger charge is -2.36. The largest absolute Gasteiger partial charge is 0.369 e. The molecular weight excluding hydrogens is 492 g/mol. The number of nitrogens with one attached hydrogen (secondary N) is 2. The van der Waals surface area contributed by atoms with Crippen LogP contribution in [0.3, 0.4) is 0 Å². The van der Waals surface area contributed by atoms with Crippen LogP contribution in [0.1, 0.15) is 68.7 Å². The average Bonchev–Trinajstić information content (AvgIpc) is 3.26. The van der Waals surface area contributed by atoms with Crippen LogP contribution in [0.5, 0.6) is 0 Å². The van der Waals surface area contributed by atoms with Crippen LogP contribution in [0.4, 0.5) is 31.0 Å². The van der Waals surface area contributed by atoms with Crippen molar-refractivity contribution in [3.05, 3.63) is 23.7 Å². The number of aromatic nitrogens is 4. The molecule has 3 fully saturated rings. The van der Waals surface area contributed by atoms with Crippen molar-refractivity contribution in [2.45, 2.75) is 76.4 Å². The number of urea groups is 1. The Bertz CT molecular complexity index is 1110. The molecule has 5 rings (SSSR count). The van der Waals surface area contributed by atoms with Crippen molar-refractivity contribution in [2.24, 2.45) is 0 Å². The van der Waals surface area contributed by atoms with Gasteiger partial charge in [0.1, 0.15) is 5.82 Å². The molecule has 2 aromatic rings. The molecule has 2 amide bonds. The van der Waals surface area contributed by atoms with Crippen molar-refractivity contribution in [2.75, 3.05) is 50.9 Å². The van der Waals surface area contributed by atoms with Gasteiger partial charge in [-0.1, -0.05) is 0 Å². The zero-order valence-corrected chi connectivity index (χ0v) is 22.5. The highest BCUT2D eigenvalue weighted by Crippen LogP contribution is 2.40. The van der Waals surface area contributed by atoms with Crippen molar-refractivity contribution < 1.29 is 13.6 Å². The van der Waals surface area contributed by atoms with E-state index in [9.17, 15) is 13.6 Å². The van der Waals surface area contributed by atoms with Gasteiger partial charge in [-0.15, -0.1) is 0 Å². The molecule has 2 atom stereocenters. The number of fused-ring (bicyclic) bond motifs is 2. The second kappa shape index (κ2) is 11.4. The van der Waals surface area contributed by atoms with E-state index in [0.29, 0.717) is 37.6 Å². The lowest BCUT2D eigenvalue weighted by molar-refractivity contribution is 0.131. The predicted molar refractivity (Wildman–Crippen MR) is 142 cm³/mol. The van der Waals surface area contributed by atoms with E-state index in [1.807, 2.05) is 29.7 Å². The molecule has 3 aliphatic rings. The highest BCUT2D eigenvalue weighted by Gasteiger charge is 2.39. The maximum Gasteiger partial charge on any atom is 0.319 e. The van der Waals surface area contributed by atoms with E-state index in [4.69, 9.17) is 5.10 Å². The molecule has 3 aliphatic heterocycles. The quantitative estimate of drug-likeness (QED) is 0.463. The minimum absolute atomic E-state index is 0.0214. The van der Waals surface area contributed by atoms with E-state index >= 15 is 0 Å². The number of carbonyl (C=O) groups is 1. The van der Waals surface area contributed by atoms with Gasteiger partial charge in [-0.25, -0.2) is 18.6 Å². The Morgan fingerprint density at radius 1 is 1.11 bits per heavy atom. The number of nitrogens with zero attached hydrogens (tertiary/aromatic N) is 7. The van der Waals surface area contributed by atoms with Crippen molar-refractivity contribution in [3.63, 3.8) is 0 Å². The molecule has 0 aliphatic carbocycles. The molecule has 0 saturated carbocycles. The lowest BCUT2D eigenvalue weighted by atomic mass is 9.98. The fraction of sp³-hybridized carbons (Fsp3) is 0.692. The molecule has 0 aromatic carbocycles. The lowest BCUT2D eigenvalue weighted by Crippen LogP contribution is -2.40. The van der Waals surface area contributed by atoms with Gasteiger partial charge >= 0.3 is 6.03 Å². The van der Waals surface area contributed by atoms with Crippen molar-refractivity contribution in [3.8, 4) is 0 Å². The van der Waals surface area contributed by atoms with E-state index in [1.165, 1.54) is 19.0 Å². The number of amides is 2. The smallest absolute Gasteiger partial charge is 0.319 e. The fourth-order valence-electron chi connectivity index (χ4n) is 6.03. The highest BCUT2D eigenvalue weighted by molar-refractivity contribution is 5.74. The molecule has 2 aromatic heterocycles. The summed E-state index contributed by atoms with van der Waals surface area (Å²) in [6.45, 7) is 4.39. The van der Waals surface area contributed by atoms with Gasteiger partial charge in [0.25, 0.3) is 6.43 Å². The number of alkyl halides is 2. The first-order valence-electron chi connectivity index (χ1n) is 13.7. The number of carbonyl (C=O) groups excluding carboxylic acids is 1. The second-order valence-corrected chi connectivity index (χ2v) is 10.9. The molecule has 0 spiro atoms. The minimum atomic E-state index is -2.70. The van der Waals surface area contributed by atoms with Crippen LogP contribution in [-0.2, 0) is 0 Å². The summed E-state index contributed by atoms with van der Waals surface area (Å²) in [7, 11) is 4.03. The van der Waals surface area contributed by atoms with Gasteiger partial charge in [-0.3, -0.25) is 4.68 Å². The Labute approximate surface area is 222 Å². The predicted octanol–water partition coefficient (Wildman–Crippen LogP) is 4.41. The second-order valence-electron chi connectivity index (χ2n) is 10.9. The molecule has 208 valence electrons. The zero-order valence-electron chi connectivity index (χ0n) is 22.5. The van der Waals surface area contributed by atoms with Crippen LogP contribution < -0.4 is 10.6 Å². The molecular formula is C26H39F2N9O. The molecule has 3 saturated heterocycles. The van der Waals surface area contributed by atoms with Gasteiger partial charge in [0.2, 0.25) is 5.95 Å². The van der Waals surface area contributed by atoms with E-state index in [0.717, 1.165) is 50.2 Å². The highest BCUT2D eigenvalue weighted by atomic mass is 19.3. The third-order valence-corrected chi connectivity index (χ3v) is 8.33. The summed E-state index contributed by atoms with van der Waals surface area (Å²) in [4.78, 5) is 27.0.